The van der Waals surface area contributed by atoms with Crippen LogP contribution < -0.4 is 10.5 Å². The van der Waals surface area contributed by atoms with Crippen molar-refractivity contribution in [3.63, 3.8) is 0 Å². The second-order valence-corrected chi connectivity index (χ2v) is 4.03. The van der Waals surface area contributed by atoms with E-state index in [1.54, 1.807) is 25.3 Å². The Balaban J connectivity index is 2.75. The van der Waals surface area contributed by atoms with Gasteiger partial charge in [-0.3, -0.25) is 0 Å². The first-order valence-electron chi connectivity index (χ1n) is 4.40. The van der Waals surface area contributed by atoms with Gasteiger partial charge in [0.15, 0.2) is 0 Å². The molecule has 0 saturated carbocycles. The second kappa shape index (κ2) is 5.42. The van der Waals surface area contributed by atoms with Crippen molar-refractivity contribution in [3.05, 3.63) is 28.2 Å². The molecule has 2 nitrogen and oxygen atoms in total. The van der Waals surface area contributed by atoms with Crippen molar-refractivity contribution in [3.8, 4) is 5.75 Å². The number of nitrogens with two attached hydrogens (primary N) is 1. The van der Waals surface area contributed by atoms with Crippen molar-refractivity contribution in [1.29, 1.82) is 0 Å². The molecule has 1 atom stereocenters. The van der Waals surface area contributed by atoms with Crippen LogP contribution in [-0.4, -0.2) is 19.6 Å². The van der Waals surface area contributed by atoms with Crippen LogP contribution in [0.15, 0.2) is 22.7 Å². The van der Waals surface area contributed by atoms with E-state index in [-0.39, 0.29) is 6.42 Å². The maximum Gasteiger partial charge on any atom is 0.253 e. The zero-order chi connectivity index (χ0) is 11.4. The average molecular weight is 280 g/mol. The highest BCUT2D eigenvalue weighted by Crippen LogP contribution is 2.26. The maximum atomic E-state index is 12.2. The minimum absolute atomic E-state index is 0.153. The molecule has 0 aliphatic heterocycles. The number of hydrogen-bond donors (Lipinski definition) is 1. The van der Waals surface area contributed by atoms with Gasteiger partial charge in [-0.15, -0.1) is 0 Å². The molecule has 84 valence electrons. The van der Waals surface area contributed by atoms with E-state index >= 15 is 0 Å². The Hall–Kier alpha value is -0.680. The van der Waals surface area contributed by atoms with E-state index in [0.29, 0.717) is 5.75 Å². The molecule has 5 heteroatoms. The lowest BCUT2D eigenvalue weighted by Crippen LogP contribution is -2.30. The van der Waals surface area contributed by atoms with E-state index in [9.17, 15) is 8.78 Å². The van der Waals surface area contributed by atoms with Crippen molar-refractivity contribution in [2.45, 2.75) is 18.9 Å². The topological polar surface area (TPSA) is 35.2 Å². The monoisotopic (exact) mass is 279 g/mol. The van der Waals surface area contributed by atoms with Crippen LogP contribution in [0, 0.1) is 0 Å². The molecule has 1 rings (SSSR count). The predicted molar refractivity (Wildman–Crippen MR) is 58.4 cm³/mol. The molecule has 0 spiro atoms. The van der Waals surface area contributed by atoms with Gasteiger partial charge in [-0.1, -0.05) is 6.07 Å². The van der Waals surface area contributed by atoms with Crippen molar-refractivity contribution in [2.24, 2.45) is 5.73 Å². The number of halogens is 3. The van der Waals surface area contributed by atoms with Gasteiger partial charge < -0.3 is 10.5 Å². The summed E-state index contributed by atoms with van der Waals surface area (Å²) in [4.78, 5) is 0. The molecule has 15 heavy (non-hydrogen) atoms. The molecular weight excluding hydrogens is 268 g/mol. The van der Waals surface area contributed by atoms with E-state index < -0.39 is 12.5 Å². The van der Waals surface area contributed by atoms with Gasteiger partial charge in [0.1, 0.15) is 5.75 Å². The average Bonchev–Trinajstić information content (AvgIpc) is 2.18. The molecule has 1 aromatic rings. The minimum atomic E-state index is -2.49. The van der Waals surface area contributed by atoms with Crippen LogP contribution in [0.1, 0.15) is 5.56 Å². The fourth-order valence-electron chi connectivity index (χ4n) is 1.20. The normalized spacial score (nSPS) is 12.9. The highest BCUT2D eigenvalue weighted by molar-refractivity contribution is 9.10. The summed E-state index contributed by atoms with van der Waals surface area (Å²) in [6.07, 6.45) is -2.34. The summed E-state index contributed by atoms with van der Waals surface area (Å²) in [7, 11) is 1.55. The Morgan fingerprint density at radius 3 is 2.60 bits per heavy atom. The quantitative estimate of drug-likeness (QED) is 0.920. The highest BCUT2D eigenvalue weighted by Gasteiger charge is 2.15. The summed E-state index contributed by atoms with van der Waals surface area (Å²) in [5.41, 5.74) is 6.03. The number of rotatable bonds is 4. The molecule has 1 aromatic carbocycles. The van der Waals surface area contributed by atoms with Gasteiger partial charge in [0.2, 0.25) is 0 Å². The molecule has 0 fully saturated rings. The summed E-state index contributed by atoms with van der Waals surface area (Å²) >= 11 is 3.28. The maximum absolute atomic E-state index is 12.2. The third-order valence-electron chi connectivity index (χ3n) is 2.01. The van der Waals surface area contributed by atoms with E-state index in [4.69, 9.17) is 10.5 Å². The first-order valence-corrected chi connectivity index (χ1v) is 5.20. The van der Waals surface area contributed by atoms with E-state index in [1.165, 1.54) is 0 Å². The molecule has 1 unspecified atom stereocenters. The molecule has 0 aliphatic rings. The molecule has 0 aromatic heterocycles. The molecule has 2 N–H and O–H groups in total. The molecule has 0 aliphatic carbocycles. The third kappa shape index (κ3) is 3.43. The van der Waals surface area contributed by atoms with Crippen LogP contribution in [-0.2, 0) is 6.42 Å². The Morgan fingerprint density at radius 2 is 2.13 bits per heavy atom. The number of methoxy groups -OCH3 is 1. The predicted octanol–water partition coefficient (Wildman–Crippen LogP) is 2.59. The number of alkyl halides is 2. The lowest BCUT2D eigenvalue weighted by molar-refractivity contribution is 0.116. The van der Waals surface area contributed by atoms with Gasteiger partial charge in [0.25, 0.3) is 6.43 Å². The van der Waals surface area contributed by atoms with Crippen LogP contribution in [0.25, 0.3) is 0 Å². The summed E-state index contributed by atoms with van der Waals surface area (Å²) in [5.74, 6) is 0.671. The fraction of sp³-hybridized carbons (Fsp3) is 0.400. The Kier molecular flexibility index (Phi) is 4.47. The standard InChI is InChI=1S/C10H12BrF2NO/c1-15-9-3-2-6(4-7(9)11)5-8(14)10(12)13/h2-4,8,10H,5,14H2,1H3. The van der Waals surface area contributed by atoms with Crippen LogP contribution in [0.4, 0.5) is 8.78 Å². The number of hydrogen-bond acceptors (Lipinski definition) is 2. The van der Waals surface area contributed by atoms with Gasteiger partial charge in [0, 0.05) is 0 Å². The summed E-state index contributed by atoms with van der Waals surface area (Å²) in [6.45, 7) is 0. The van der Waals surface area contributed by atoms with Crippen molar-refractivity contribution >= 4 is 15.9 Å². The summed E-state index contributed by atoms with van der Waals surface area (Å²) in [6, 6.07) is 4.06. The Labute approximate surface area is 95.5 Å². The molecule has 0 radical (unpaired) electrons. The smallest absolute Gasteiger partial charge is 0.253 e. The largest absolute Gasteiger partial charge is 0.496 e. The van der Waals surface area contributed by atoms with Gasteiger partial charge in [-0.25, -0.2) is 8.78 Å². The zero-order valence-electron chi connectivity index (χ0n) is 8.21. The lowest BCUT2D eigenvalue weighted by atomic mass is 10.1. The SMILES string of the molecule is COc1ccc(CC(N)C(F)F)cc1Br. The molecular formula is C10H12BrF2NO. The number of ether oxygens (including phenoxy) is 1. The Bertz CT molecular complexity index is 333. The molecule has 0 bridgehead atoms. The molecule has 0 saturated heterocycles. The molecule has 0 amide bonds. The second-order valence-electron chi connectivity index (χ2n) is 3.17. The van der Waals surface area contributed by atoms with Gasteiger partial charge >= 0.3 is 0 Å². The first-order chi connectivity index (χ1) is 7.04. The van der Waals surface area contributed by atoms with Gasteiger partial charge in [-0.05, 0) is 40.0 Å². The summed E-state index contributed by atoms with van der Waals surface area (Å²) in [5, 5.41) is 0. The van der Waals surface area contributed by atoms with Crippen molar-refractivity contribution < 1.29 is 13.5 Å². The third-order valence-corrected chi connectivity index (χ3v) is 2.63. The summed E-state index contributed by atoms with van der Waals surface area (Å²) < 4.78 is 30.2. The first kappa shape index (κ1) is 12.4. The van der Waals surface area contributed by atoms with E-state index in [2.05, 4.69) is 15.9 Å². The van der Waals surface area contributed by atoms with Gasteiger partial charge in [0.05, 0.1) is 17.6 Å². The minimum Gasteiger partial charge on any atom is -0.496 e. The lowest BCUT2D eigenvalue weighted by Gasteiger charge is -2.11. The van der Waals surface area contributed by atoms with E-state index in [0.717, 1.165) is 10.0 Å². The highest BCUT2D eigenvalue weighted by atomic mass is 79.9. The molecule has 0 heterocycles. The number of benzene rings is 1. The van der Waals surface area contributed by atoms with Crippen LogP contribution in [0.3, 0.4) is 0 Å². The van der Waals surface area contributed by atoms with E-state index in [1.807, 2.05) is 0 Å². The van der Waals surface area contributed by atoms with Crippen LogP contribution in [0.2, 0.25) is 0 Å². The zero-order valence-corrected chi connectivity index (χ0v) is 9.80. The van der Waals surface area contributed by atoms with Crippen LogP contribution in [0.5, 0.6) is 5.75 Å². The van der Waals surface area contributed by atoms with Gasteiger partial charge in [-0.2, -0.15) is 0 Å². The van der Waals surface area contributed by atoms with Crippen molar-refractivity contribution in [2.75, 3.05) is 7.11 Å². The fourth-order valence-corrected chi connectivity index (χ4v) is 1.79. The van der Waals surface area contributed by atoms with Crippen molar-refractivity contribution in [1.82, 2.24) is 0 Å². The Morgan fingerprint density at radius 1 is 1.47 bits per heavy atom. The van der Waals surface area contributed by atoms with Crippen LogP contribution >= 0.6 is 15.9 Å².